The summed E-state index contributed by atoms with van der Waals surface area (Å²) < 4.78 is 10.3. The van der Waals surface area contributed by atoms with Crippen LogP contribution in [0.15, 0.2) is 46.6 Å². The number of hydrogen-bond donors (Lipinski definition) is 2. The van der Waals surface area contributed by atoms with Gasteiger partial charge in [-0.15, -0.1) is 0 Å². The molecule has 0 spiro atoms. The van der Waals surface area contributed by atoms with Crippen LogP contribution < -0.4 is 20.1 Å². The van der Waals surface area contributed by atoms with Crippen molar-refractivity contribution < 1.29 is 28.7 Å². The highest BCUT2D eigenvalue weighted by molar-refractivity contribution is 6.21. The number of Topliss-reactive ketones (excluding diaryl/α,β-unsaturated/α-hetero) is 1. The van der Waals surface area contributed by atoms with Gasteiger partial charge in [-0.3, -0.25) is 24.5 Å². The predicted octanol–water partition coefficient (Wildman–Crippen LogP) is 2.27. The number of amides is 3. The van der Waals surface area contributed by atoms with Gasteiger partial charge in [-0.1, -0.05) is 0 Å². The number of methoxy groups -OCH3 is 2. The Morgan fingerprint density at radius 2 is 1.73 bits per heavy atom. The maximum atomic E-state index is 12.6. The number of carbonyl (C=O) groups is 4. The Labute approximate surface area is 171 Å². The molecule has 0 bridgehead atoms. The van der Waals surface area contributed by atoms with Gasteiger partial charge < -0.3 is 14.8 Å². The summed E-state index contributed by atoms with van der Waals surface area (Å²) in [5.41, 5.74) is 0.937. The second kappa shape index (κ2) is 8.52. The Balaban J connectivity index is 1.81. The first-order valence-corrected chi connectivity index (χ1v) is 8.78. The number of hydrogen-bond acceptors (Lipinski definition) is 8. The lowest BCUT2D eigenvalue weighted by Gasteiger charge is -2.13. The van der Waals surface area contributed by atoms with Gasteiger partial charge in [0, 0.05) is 6.07 Å². The van der Waals surface area contributed by atoms with E-state index < -0.39 is 29.5 Å². The summed E-state index contributed by atoms with van der Waals surface area (Å²) in [5, 5.41) is 12.5. The summed E-state index contributed by atoms with van der Waals surface area (Å²) in [6.45, 7) is 1.21. The predicted molar refractivity (Wildman–Crippen MR) is 105 cm³/mol. The number of ketones is 1. The molecule has 1 aliphatic rings. The average molecular weight is 410 g/mol. The van der Waals surface area contributed by atoms with E-state index >= 15 is 0 Å². The van der Waals surface area contributed by atoms with E-state index in [1.807, 2.05) is 0 Å². The number of nitrogens with zero attached hydrogens (tertiary/aromatic N) is 2. The van der Waals surface area contributed by atoms with Crippen LogP contribution in [0.3, 0.4) is 0 Å². The van der Waals surface area contributed by atoms with Crippen molar-refractivity contribution in [2.45, 2.75) is 13.0 Å². The lowest BCUT2D eigenvalue weighted by atomic mass is 10.1. The lowest BCUT2D eigenvalue weighted by Crippen LogP contribution is -2.32. The minimum Gasteiger partial charge on any atom is -0.497 e. The first-order valence-electron chi connectivity index (χ1n) is 8.78. The molecular formula is C20H18N4O6. The monoisotopic (exact) mass is 410 g/mol. The molecule has 0 saturated carbocycles. The normalized spacial score (nSPS) is 13.6. The fourth-order valence-electron chi connectivity index (χ4n) is 2.76. The van der Waals surface area contributed by atoms with Gasteiger partial charge >= 0.3 is 0 Å². The number of fused-ring (bicyclic) bond motifs is 1. The first-order chi connectivity index (χ1) is 14.3. The van der Waals surface area contributed by atoms with Crippen molar-refractivity contribution in [2.24, 2.45) is 10.2 Å². The van der Waals surface area contributed by atoms with Crippen LogP contribution in [-0.4, -0.2) is 43.8 Å². The molecule has 1 unspecified atom stereocenters. The summed E-state index contributed by atoms with van der Waals surface area (Å²) in [6.07, 6.45) is 0. The van der Waals surface area contributed by atoms with Crippen LogP contribution in [0, 0.1) is 0 Å². The summed E-state index contributed by atoms with van der Waals surface area (Å²) in [4.78, 5) is 47.9. The lowest BCUT2D eigenvalue weighted by molar-refractivity contribution is -0.126. The molecule has 10 nitrogen and oxygen atoms in total. The molecular weight excluding hydrogens is 392 g/mol. The van der Waals surface area contributed by atoms with Crippen molar-refractivity contribution in [3.63, 3.8) is 0 Å². The largest absolute Gasteiger partial charge is 0.497 e. The van der Waals surface area contributed by atoms with E-state index in [2.05, 4.69) is 20.9 Å². The van der Waals surface area contributed by atoms with Crippen LogP contribution >= 0.6 is 0 Å². The zero-order chi connectivity index (χ0) is 21.8. The molecule has 1 atom stereocenters. The minimum atomic E-state index is -1.42. The maximum absolute atomic E-state index is 12.6. The number of anilines is 1. The highest BCUT2D eigenvalue weighted by Gasteiger charge is 2.27. The Bertz CT molecular complexity index is 1080. The fraction of sp³-hybridized carbons (Fsp3) is 0.200. The van der Waals surface area contributed by atoms with E-state index in [9.17, 15) is 19.2 Å². The van der Waals surface area contributed by atoms with Crippen LogP contribution in [0.2, 0.25) is 0 Å². The highest BCUT2D eigenvalue weighted by Crippen LogP contribution is 2.29. The Hall–Kier alpha value is -4.08. The molecule has 2 aromatic rings. The third kappa shape index (κ3) is 4.17. The van der Waals surface area contributed by atoms with Gasteiger partial charge in [0.2, 0.25) is 6.04 Å². The van der Waals surface area contributed by atoms with Gasteiger partial charge in [0.05, 0.1) is 36.7 Å². The molecule has 10 heteroatoms. The van der Waals surface area contributed by atoms with Crippen molar-refractivity contribution in [2.75, 3.05) is 19.5 Å². The molecule has 3 amide bonds. The van der Waals surface area contributed by atoms with Crippen LogP contribution in [0.25, 0.3) is 0 Å². The van der Waals surface area contributed by atoms with Crippen LogP contribution in [0.4, 0.5) is 11.4 Å². The van der Waals surface area contributed by atoms with Crippen molar-refractivity contribution in [1.82, 2.24) is 5.32 Å². The maximum Gasteiger partial charge on any atom is 0.259 e. The third-order valence-electron chi connectivity index (χ3n) is 4.31. The average Bonchev–Trinajstić information content (AvgIpc) is 3.01. The SMILES string of the molecule is COc1ccc(NC(=O)C(N=Nc2ccc3c(c2)C(=O)NC3=O)C(C)=O)c(OC)c1. The number of rotatable bonds is 7. The zero-order valence-electron chi connectivity index (χ0n) is 16.4. The number of carbonyl (C=O) groups excluding carboxylic acids is 4. The third-order valence-corrected chi connectivity index (χ3v) is 4.31. The molecule has 1 aliphatic heterocycles. The minimum absolute atomic E-state index is 0.156. The van der Waals surface area contributed by atoms with Gasteiger partial charge in [-0.25, -0.2) is 0 Å². The van der Waals surface area contributed by atoms with Gasteiger partial charge in [0.15, 0.2) is 5.78 Å². The van der Waals surface area contributed by atoms with E-state index in [0.717, 1.165) is 0 Å². The van der Waals surface area contributed by atoms with Gasteiger partial charge in [-0.05, 0) is 37.3 Å². The summed E-state index contributed by atoms with van der Waals surface area (Å²) >= 11 is 0. The molecule has 154 valence electrons. The summed E-state index contributed by atoms with van der Waals surface area (Å²) in [6, 6.07) is 7.61. The molecule has 0 radical (unpaired) electrons. The van der Waals surface area contributed by atoms with Gasteiger partial charge in [0.25, 0.3) is 17.7 Å². The number of azo groups is 1. The van der Waals surface area contributed by atoms with E-state index in [1.54, 1.807) is 18.2 Å². The van der Waals surface area contributed by atoms with Crippen molar-refractivity contribution in [1.29, 1.82) is 0 Å². The van der Waals surface area contributed by atoms with Crippen molar-refractivity contribution >= 4 is 34.9 Å². The van der Waals surface area contributed by atoms with E-state index in [-0.39, 0.29) is 16.8 Å². The van der Waals surface area contributed by atoms with Crippen molar-refractivity contribution in [3.05, 3.63) is 47.5 Å². The number of ether oxygens (including phenoxy) is 2. The van der Waals surface area contributed by atoms with Crippen LogP contribution in [-0.2, 0) is 9.59 Å². The topological polar surface area (TPSA) is 136 Å². The first kappa shape index (κ1) is 20.6. The molecule has 2 N–H and O–H groups in total. The summed E-state index contributed by atoms with van der Waals surface area (Å²) in [5.74, 6) is -1.39. The molecule has 3 rings (SSSR count). The number of imide groups is 1. The number of nitrogens with one attached hydrogen (secondary N) is 2. The fourth-order valence-corrected chi connectivity index (χ4v) is 2.76. The number of benzene rings is 2. The van der Waals surface area contributed by atoms with Crippen LogP contribution in [0.1, 0.15) is 27.6 Å². The van der Waals surface area contributed by atoms with Crippen LogP contribution in [0.5, 0.6) is 11.5 Å². The Kier molecular flexibility index (Phi) is 5.86. The van der Waals surface area contributed by atoms with Gasteiger partial charge in [-0.2, -0.15) is 10.2 Å². The quantitative estimate of drug-likeness (QED) is 0.408. The zero-order valence-corrected chi connectivity index (χ0v) is 16.4. The second-order valence-corrected chi connectivity index (χ2v) is 6.30. The molecule has 0 aliphatic carbocycles. The second-order valence-electron chi connectivity index (χ2n) is 6.30. The molecule has 0 saturated heterocycles. The smallest absolute Gasteiger partial charge is 0.259 e. The van der Waals surface area contributed by atoms with Gasteiger partial charge in [0.1, 0.15) is 11.5 Å². The standard InChI is InChI=1S/C20H18N4O6/c1-10(25)17(20(28)21-15-7-5-12(29-2)9-16(15)30-3)24-23-11-4-6-13-14(8-11)19(27)22-18(13)26/h4-9,17H,1-3H3,(H,21,28)(H,22,26,27). The Morgan fingerprint density at radius 1 is 1.00 bits per heavy atom. The summed E-state index contributed by atoms with van der Waals surface area (Å²) in [7, 11) is 2.93. The molecule has 1 heterocycles. The van der Waals surface area contributed by atoms with E-state index in [0.29, 0.717) is 17.2 Å². The highest BCUT2D eigenvalue weighted by atomic mass is 16.5. The van der Waals surface area contributed by atoms with E-state index in [1.165, 1.54) is 39.3 Å². The van der Waals surface area contributed by atoms with Crippen molar-refractivity contribution in [3.8, 4) is 11.5 Å². The van der Waals surface area contributed by atoms with E-state index in [4.69, 9.17) is 9.47 Å². The molecule has 0 fully saturated rings. The molecule has 0 aromatic heterocycles. The molecule has 30 heavy (non-hydrogen) atoms. The Morgan fingerprint density at radius 3 is 2.40 bits per heavy atom. The molecule has 2 aromatic carbocycles.